The van der Waals surface area contributed by atoms with E-state index in [0.29, 0.717) is 25.7 Å². The van der Waals surface area contributed by atoms with E-state index in [1.165, 1.54) is 263 Å². The van der Waals surface area contributed by atoms with Gasteiger partial charge in [-0.15, -0.1) is 0 Å². The fraction of sp³-hybridized carbons (Fsp3) is 0.952. The highest BCUT2D eigenvalue weighted by atomic mass is 31.2. The molecule has 0 aliphatic heterocycles. The number of phosphoric acid groups is 2. The second-order valence-corrected chi connectivity index (χ2v) is 33.6. The lowest BCUT2D eigenvalue weighted by Gasteiger charge is -2.21. The maximum absolute atomic E-state index is 13.1. The number of phosphoric ester groups is 2. The summed E-state index contributed by atoms with van der Waals surface area (Å²) in [4.78, 5) is 73.2. The first-order valence-electron chi connectivity index (χ1n) is 43.6. The average molecular weight is 1510 g/mol. The largest absolute Gasteiger partial charge is 0.472 e. The maximum atomic E-state index is 13.1. The van der Waals surface area contributed by atoms with E-state index in [1.807, 2.05) is 0 Å². The molecule has 0 rings (SSSR count). The summed E-state index contributed by atoms with van der Waals surface area (Å²) in [5.41, 5.74) is 0. The number of aliphatic hydroxyl groups is 1. The van der Waals surface area contributed by atoms with Crippen molar-refractivity contribution in [1.82, 2.24) is 0 Å². The van der Waals surface area contributed by atoms with Gasteiger partial charge in [0, 0.05) is 25.7 Å². The van der Waals surface area contributed by atoms with E-state index in [1.54, 1.807) is 0 Å². The number of rotatable bonds is 83. The molecular weight excluding hydrogens is 1340 g/mol. The number of ether oxygens (including phenoxy) is 4. The molecule has 4 unspecified atom stereocenters. The Morgan fingerprint density at radius 1 is 0.272 bits per heavy atom. The van der Waals surface area contributed by atoms with Gasteiger partial charge in [0.1, 0.15) is 19.3 Å². The van der Waals surface area contributed by atoms with E-state index in [-0.39, 0.29) is 25.7 Å². The van der Waals surface area contributed by atoms with E-state index in [4.69, 9.17) is 37.0 Å². The molecule has 17 nitrogen and oxygen atoms in total. The predicted molar refractivity (Wildman–Crippen MR) is 423 cm³/mol. The van der Waals surface area contributed by atoms with Crippen molar-refractivity contribution >= 4 is 39.5 Å². The lowest BCUT2D eigenvalue weighted by atomic mass is 9.99. The Balaban J connectivity index is 5.24. The van der Waals surface area contributed by atoms with Crippen LogP contribution in [0.5, 0.6) is 0 Å². The van der Waals surface area contributed by atoms with E-state index >= 15 is 0 Å². The van der Waals surface area contributed by atoms with Crippen LogP contribution >= 0.6 is 15.6 Å². The minimum absolute atomic E-state index is 0.107. The van der Waals surface area contributed by atoms with Crippen molar-refractivity contribution in [3.63, 3.8) is 0 Å². The summed E-state index contributed by atoms with van der Waals surface area (Å²) >= 11 is 0. The molecule has 0 saturated heterocycles. The van der Waals surface area contributed by atoms with E-state index in [0.717, 1.165) is 102 Å². The van der Waals surface area contributed by atoms with Gasteiger partial charge < -0.3 is 33.8 Å². The van der Waals surface area contributed by atoms with Gasteiger partial charge in [-0.25, -0.2) is 9.13 Å². The monoisotopic (exact) mass is 1510 g/mol. The Bertz CT molecular complexity index is 1980. The van der Waals surface area contributed by atoms with E-state index < -0.39 is 97.5 Å². The zero-order valence-corrected chi connectivity index (χ0v) is 69.4. The Labute approximate surface area is 632 Å². The van der Waals surface area contributed by atoms with Crippen molar-refractivity contribution in [2.24, 2.45) is 11.8 Å². The third-order valence-electron chi connectivity index (χ3n) is 20.4. The second kappa shape index (κ2) is 75.5. The number of hydrogen-bond donors (Lipinski definition) is 3. The third-order valence-corrected chi connectivity index (χ3v) is 22.3. The lowest BCUT2D eigenvalue weighted by Crippen LogP contribution is -2.30. The molecule has 0 aliphatic rings. The standard InChI is InChI=1S/C84H164O17P2/c1-7-11-13-15-17-19-21-23-24-25-26-27-28-29-30-31-33-35-44-50-56-62-68-83(88)100-79(73-95-82(87)67-61-55-49-43-38-36-40-46-52-58-64-76(5)9-3)74-98-102(90,91)96-70-78(85)71-97-103(92,93)99-75-80(72-94-81(86)66-60-54-48-42-34-32-22-20-18-16-14-12-8-2)101-84(89)69-63-57-51-45-39-37-41-47-53-59-65-77(6)10-4/h76-80,85H,7-75H2,1-6H3,(H,90,91)(H,92,93)/t76?,77?,78-,79-,80-/m1/s1. The first-order valence-corrected chi connectivity index (χ1v) is 46.6. The molecule has 3 N–H and O–H groups in total. The van der Waals surface area contributed by atoms with Crippen molar-refractivity contribution in [3.05, 3.63) is 0 Å². The van der Waals surface area contributed by atoms with E-state index in [2.05, 4.69) is 41.5 Å². The van der Waals surface area contributed by atoms with Crippen LogP contribution in [0.15, 0.2) is 0 Å². The molecule has 0 amide bonds. The molecule has 0 aliphatic carbocycles. The highest BCUT2D eigenvalue weighted by molar-refractivity contribution is 7.47. The zero-order chi connectivity index (χ0) is 75.6. The molecule has 0 fully saturated rings. The Kier molecular flexibility index (Phi) is 74.1. The van der Waals surface area contributed by atoms with Gasteiger partial charge in [-0.3, -0.25) is 37.3 Å². The fourth-order valence-corrected chi connectivity index (χ4v) is 14.6. The van der Waals surface area contributed by atoms with Crippen LogP contribution in [0.4, 0.5) is 0 Å². The van der Waals surface area contributed by atoms with Crippen LogP contribution in [0.3, 0.4) is 0 Å². The van der Waals surface area contributed by atoms with Crippen molar-refractivity contribution < 1.29 is 80.2 Å². The topological polar surface area (TPSA) is 237 Å². The SMILES string of the molecule is CCCCCCCCCCCCCCCCCCCCCCCCC(=O)O[C@H](COC(=O)CCCCCCCCCCCCC(C)CC)COP(=O)(O)OC[C@@H](O)COP(=O)(O)OC[C@@H](COC(=O)CCCCCCCCCCCCCCC)OC(=O)CCCCCCCCCCCCC(C)CC. The molecule has 19 heteroatoms. The van der Waals surface area contributed by atoms with Crippen molar-refractivity contribution in [2.75, 3.05) is 39.6 Å². The van der Waals surface area contributed by atoms with Gasteiger partial charge in [-0.2, -0.15) is 0 Å². The predicted octanol–water partition coefficient (Wildman–Crippen LogP) is 25.5. The molecule has 0 radical (unpaired) electrons. The van der Waals surface area contributed by atoms with Gasteiger partial charge in [-0.1, -0.05) is 395 Å². The molecule has 0 spiro atoms. The van der Waals surface area contributed by atoms with Gasteiger partial charge in [0.2, 0.25) is 0 Å². The first-order chi connectivity index (χ1) is 49.9. The smallest absolute Gasteiger partial charge is 0.462 e. The molecular formula is C84H164O17P2. The molecule has 612 valence electrons. The number of aliphatic hydroxyl groups excluding tert-OH is 1. The van der Waals surface area contributed by atoms with Gasteiger partial charge in [0.25, 0.3) is 0 Å². The van der Waals surface area contributed by atoms with E-state index in [9.17, 15) is 43.2 Å². The first kappa shape index (κ1) is 101. The molecule has 103 heavy (non-hydrogen) atoms. The van der Waals surface area contributed by atoms with Gasteiger partial charge >= 0.3 is 39.5 Å². The van der Waals surface area contributed by atoms with Gasteiger partial charge in [0.15, 0.2) is 12.2 Å². The van der Waals surface area contributed by atoms with Crippen LogP contribution in [-0.4, -0.2) is 96.7 Å². The van der Waals surface area contributed by atoms with Crippen molar-refractivity contribution in [3.8, 4) is 0 Å². The van der Waals surface area contributed by atoms with Crippen LogP contribution in [-0.2, 0) is 65.4 Å². The fourth-order valence-electron chi connectivity index (χ4n) is 13.0. The molecule has 0 bridgehead atoms. The molecule has 0 saturated carbocycles. The summed E-state index contributed by atoms with van der Waals surface area (Å²) in [6.45, 7) is 9.71. The van der Waals surface area contributed by atoms with Crippen LogP contribution in [0, 0.1) is 11.8 Å². The summed E-state index contributed by atoms with van der Waals surface area (Å²) in [5, 5.41) is 10.7. The lowest BCUT2D eigenvalue weighted by molar-refractivity contribution is -0.161. The number of unbranched alkanes of at least 4 members (excludes halogenated alkanes) is 51. The van der Waals surface area contributed by atoms with Crippen molar-refractivity contribution in [2.45, 2.75) is 464 Å². The summed E-state index contributed by atoms with van der Waals surface area (Å²) in [5.74, 6) is -0.492. The van der Waals surface area contributed by atoms with Crippen LogP contribution in [0.25, 0.3) is 0 Å². The summed E-state index contributed by atoms with van der Waals surface area (Å²) in [6, 6.07) is 0. The molecule has 0 aromatic heterocycles. The summed E-state index contributed by atoms with van der Waals surface area (Å²) < 4.78 is 68.8. The number of esters is 4. The normalized spacial score (nSPS) is 14.4. The average Bonchev–Trinajstić information content (AvgIpc) is 0.971. The molecule has 0 aromatic rings. The minimum Gasteiger partial charge on any atom is -0.462 e. The van der Waals surface area contributed by atoms with Gasteiger partial charge in [-0.05, 0) is 37.5 Å². The summed E-state index contributed by atoms with van der Waals surface area (Å²) in [6.07, 6.45) is 66.5. The highest BCUT2D eigenvalue weighted by Gasteiger charge is 2.30. The Morgan fingerprint density at radius 2 is 0.466 bits per heavy atom. The van der Waals surface area contributed by atoms with Crippen LogP contribution in [0.2, 0.25) is 0 Å². The number of carbonyl (C=O) groups excluding carboxylic acids is 4. The van der Waals surface area contributed by atoms with Crippen LogP contribution < -0.4 is 0 Å². The van der Waals surface area contributed by atoms with Gasteiger partial charge in [0.05, 0.1) is 26.4 Å². The number of carbonyl (C=O) groups is 4. The molecule has 7 atom stereocenters. The minimum atomic E-state index is -4.96. The highest BCUT2D eigenvalue weighted by Crippen LogP contribution is 2.45. The third kappa shape index (κ3) is 75.3. The molecule has 0 heterocycles. The number of hydrogen-bond acceptors (Lipinski definition) is 15. The zero-order valence-electron chi connectivity index (χ0n) is 67.6. The Morgan fingerprint density at radius 3 is 0.689 bits per heavy atom. The Hall–Kier alpha value is -1.94. The molecule has 0 aromatic carbocycles. The quantitative estimate of drug-likeness (QED) is 0.0222. The van der Waals surface area contributed by atoms with Crippen molar-refractivity contribution in [1.29, 1.82) is 0 Å². The maximum Gasteiger partial charge on any atom is 0.472 e. The second-order valence-electron chi connectivity index (χ2n) is 30.7. The van der Waals surface area contributed by atoms with Crippen LogP contribution in [0.1, 0.15) is 446 Å². The summed E-state index contributed by atoms with van der Waals surface area (Å²) in [7, 11) is -9.93.